The molecular weight excluding hydrogens is 398 g/mol. The third kappa shape index (κ3) is 8.28. The zero-order valence-corrected chi connectivity index (χ0v) is 10.3. The van der Waals surface area contributed by atoms with E-state index in [9.17, 15) is 9.90 Å². The van der Waals surface area contributed by atoms with Gasteiger partial charge in [-0.25, -0.2) is 0 Å². The van der Waals surface area contributed by atoms with Crippen LogP contribution in [0.4, 0.5) is 0 Å². The number of carboxylic acids is 1. The van der Waals surface area contributed by atoms with Crippen LogP contribution in [-0.4, -0.2) is 11.0 Å². The molecule has 1 rings (SSSR count). The van der Waals surface area contributed by atoms with Gasteiger partial charge >= 0.3 is 22.4 Å². The Labute approximate surface area is 105 Å². The number of pyridine rings is 1. The Kier molecular flexibility index (Phi) is 21.2. The first-order chi connectivity index (χ1) is 4.30. The number of carbonyl (C=O) groups excluding carboxylic acids is 1. The molecule has 0 aromatic carbocycles. The summed E-state index contributed by atoms with van der Waals surface area (Å²) < 4.78 is 0. The van der Waals surface area contributed by atoms with E-state index in [1.165, 1.54) is 12.3 Å². The van der Waals surface area contributed by atoms with Crippen LogP contribution in [0.3, 0.4) is 0 Å². The molecule has 6 heteroatoms. The van der Waals surface area contributed by atoms with E-state index in [-0.39, 0.29) is 60.3 Å². The van der Waals surface area contributed by atoms with E-state index < -0.39 is 5.97 Å². The fourth-order valence-electron chi connectivity index (χ4n) is 0.484. The van der Waals surface area contributed by atoms with Crippen LogP contribution in [0, 0.1) is 7.43 Å². The number of halogens is 2. The fraction of sp³-hybridized carbons (Fsp3) is 0. The Bertz CT molecular complexity index is 221. The fourth-order valence-corrected chi connectivity index (χ4v) is 0.484. The summed E-state index contributed by atoms with van der Waals surface area (Å²) >= 11 is 0. The van der Waals surface area contributed by atoms with Gasteiger partial charge in [0, 0.05) is 6.20 Å². The number of carboxylic acid groups (broad SMARTS) is 1. The van der Waals surface area contributed by atoms with E-state index in [4.69, 9.17) is 0 Å². The van der Waals surface area contributed by atoms with Crippen LogP contribution < -0.4 is 29.9 Å². The molecule has 0 atom stereocenters. The first-order valence-electron chi connectivity index (χ1n) is 2.43. The SMILES string of the molecule is O=C([O-])c1ccccn1.[Au+3].[CH3-].[Cl-].[Cl-]. The molecule has 0 bridgehead atoms. The minimum absolute atomic E-state index is 0. The molecule has 13 heavy (non-hydrogen) atoms. The normalized spacial score (nSPS) is 6.15. The van der Waals surface area contributed by atoms with E-state index in [1.54, 1.807) is 12.1 Å². The van der Waals surface area contributed by atoms with Gasteiger partial charge in [-0.15, -0.1) is 0 Å². The van der Waals surface area contributed by atoms with Crippen molar-refractivity contribution in [1.29, 1.82) is 0 Å². The van der Waals surface area contributed by atoms with Crippen molar-refractivity contribution in [2.24, 2.45) is 0 Å². The van der Waals surface area contributed by atoms with Gasteiger partial charge in [0.05, 0.1) is 11.7 Å². The van der Waals surface area contributed by atoms with E-state index in [1.807, 2.05) is 0 Å². The summed E-state index contributed by atoms with van der Waals surface area (Å²) in [5.74, 6) is -1.24. The van der Waals surface area contributed by atoms with Crippen LogP contribution >= 0.6 is 0 Å². The number of nitrogens with zero attached hydrogens (tertiary/aromatic N) is 1. The molecule has 3 nitrogen and oxygen atoms in total. The van der Waals surface area contributed by atoms with Crippen molar-refractivity contribution in [1.82, 2.24) is 4.98 Å². The Morgan fingerprint density at radius 1 is 1.31 bits per heavy atom. The van der Waals surface area contributed by atoms with Gasteiger partial charge in [-0.1, -0.05) is 6.07 Å². The van der Waals surface area contributed by atoms with Gasteiger partial charge in [0.15, 0.2) is 0 Å². The standard InChI is InChI=1S/C6H5NO2.CH3.Au.2ClH/c8-6(9)5-3-1-2-4-7-5;;;;/h1-4H,(H,8,9);1H3;;2*1H/q;-1;+3;;/p-3. The molecule has 0 amide bonds. The summed E-state index contributed by atoms with van der Waals surface area (Å²) in [6, 6.07) is 4.62. The van der Waals surface area contributed by atoms with E-state index in [0.29, 0.717) is 0 Å². The van der Waals surface area contributed by atoms with Crippen LogP contribution in [-0.2, 0) is 22.4 Å². The minimum atomic E-state index is -1.24. The van der Waals surface area contributed by atoms with Gasteiger partial charge < -0.3 is 42.1 Å². The molecule has 0 saturated heterocycles. The molecule has 0 radical (unpaired) electrons. The first kappa shape index (κ1) is 23.1. The summed E-state index contributed by atoms with van der Waals surface area (Å²) in [6.45, 7) is 0. The Morgan fingerprint density at radius 3 is 2.08 bits per heavy atom. The molecule has 0 aliphatic carbocycles. The van der Waals surface area contributed by atoms with Crippen LogP contribution in [0.1, 0.15) is 10.5 Å². The van der Waals surface area contributed by atoms with Crippen LogP contribution in [0.2, 0.25) is 0 Å². The number of aromatic nitrogens is 1. The predicted molar refractivity (Wildman–Crippen MR) is 35.0 cm³/mol. The molecule has 0 unspecified atom stereocenters. The second kappa shape index (κ2) is 11.9. The molecule has 1 aromatic rings. The van der Waals surface area contributed by atoms with Gasteiger partial charge in [-0.3, -0.25) is 4.98 Å². The molecule has 78 valence electrons. The Hall–Kier alpha value is -0.0597. The maximum atomic E-state index is 10.0. The van der Waals surface area contributed by atoms with E-state index >= 15 is 0 Å². The van der Waals surface area contributed by atoms with Crippen molar-refractivity contribution < 1.29 is 57.1 Å². The molecule has 0 fully saturated rings. The maximum Gasteiger partial charge on any atom is 3.00 e. The second-order valence-electron chi connectivity index (χ2n) is 1.50. The van der Waals surface area contributed by atoms with Crippen molar-refractivity contribution in [3.05, 3.63) is 37.5 Å². The summed E-state index contributed by atoms with van der Waals surface area (Å²) in [5, 5.41) is 10.0. The molecule has 0 spiro atoms. The summed E-state index contributed by atoms with van der Waals surface area (Å²) in [5.41, 5.74) is -0.0301. The number of aromatic carboxylic acids is 1. The molecular formula is C7H7AuCl2NO2-. The van der Waals surface area contributed by atoms with Crippen molar-refractivity contribution >= 4 is 5.97 Å². The average molecular weight is 405 g/mol. The second-order valence-corrected chi connectivity index (χ2v) is 1.50. The summed E-state index contributed by atoms with van der Waals surface area (Å²) in [4.78, 5) is 13.5. The Balaban J connectivity index is -0.000000101. The van der Waals surface area contributed by atoms with E-state index in [2.05, 4.69) is 4.98 Å². The maximum absolute atomic E-state index is 10.0. The van der Waals surface area contributed by atoms with Crippen LogP contribution in [0.25, 0.3) is 0 Å². The minimum Gasteiger partial charge on any atom is -1.00 e. The monoisotopic (exact) mass is 404 g/mol. The number of hydrogen-bond acceptors (Lipinski definition) is 3. The molecule has 1 heterocycles. The topological polar surface area (TPSA) is 53.0 Å². The van der Waals surface area contributed by atoms with Crippen LogP contribution in [0.15, 0.2) is 24.4 Å². The molecule has 0 aliphatic rings. The van der Waals surface area contributed by atoms with Gasteiger partial charge in [-0.05, 0) is 12.1 Å². The smallest absolute Gasteiger partial charge is 1.00 e. The van der Waals surface area contributed by atoms with Gasteiger partial charge in [0.25, 0.3) is 0 Å². The summed E-state index contributed by atoms with van der Waals surface area (Å²) in [6.07, 6.45) is 1.41. The molecule has 0 N–H and O–H groups in total. The van der Waals surface area contributed by atoms with Gasteiger partial charge in [0.1, 0.15) is 0 Å². The van der Waals surface area contributed by atoms with Gasteiger partial charge in [0.2, 0.25) is 0 Å². The average Bonchev–Trinajstić information content (AvgIpc) is 1.90. The molecule has 1 aromatic heterocycles. The quantitative estimate of drug-likeness (QED) is 0.346. The summed E-state index contributed by atoms with van der Waals surface area (Å²) in [7, 11) is 0. The first-order valence-corrected chi connectivity index (χ1v) is 2.43. The van der Waals surface area contributed by atoms with Crippen LogP contribution in [0.5, 0.6) is 0 Å². The zero-order chi connectivity index (χ0) is 6.69. The van der Waals surface area contributed by atoms with Crippen molar-refractivity contribution in [2.75, 3.05) is 0 Å². The third-order valence-corrected chi connectivity index (χ3v) is 0.874. The van der Waals surface area contributed by atoms with Crippen molar-refractivity contribution in [3.63, 3.8) is 0 Å². The number of carbonyl (C=O) groups is 1. The number of hydrogen-bond donors (Lipinski definition) is 0. The molecule has 0 saturated carbocycles. The third-order valence-electron chi connectivity index (χ3n) is 0.874. The predicted octanol–water partition coefficient (Wildman–Crippen LogP) is -6.10. The van der Waals surface area contributed by atoms with Crippen molar-refractivity contribution in [3.8, 4) is 0 Å². The van der Waals surface area contributed by atoms with E-state index in [0.717, 1.165) is 0 Å². The van der Waals surface area contributed by atoms with Gasteiger partial charge in [-0.2, -0.15) is 0 Å². The zero-order valence-electron chi connectivity index (χ0n) is 6.63. The largest absolute Gasteiger partial charge is 3.00 e. The number of rotatable bonds is 1. The van der Waals surface area contributed by atoms with Crippen molar-refractivity contribution in [2.45, 2.75) is 0 Å². The Morgan fingerprint density at radius 2 is 1.85 bits per heavy atom. The molecule has 0 aliphatic heterocycles.